The Morgan fingerprint density at radius 1 is 1.24 bits per heavy atom. The van der Waals surface area contributed by atoms with E-state index in [-0.39, 0.29) is 11.2 Å². The molecule has 1 unspecified atom stereocenters. The summed E-state index contributed by atoms with van der Waals surface area (Å²) < 4.78 is 13.3. The quantitative estimate of drug-likeness (QED) is 0.655. The lowest BCUT2D eigenvalue weighted by Crippen LogP contribution is -2.41. The van der Waals surface area contributed by atoms with Crippen LogP contribution in [0.3, 0.4) is 0 Å². The molecule has 0 spiro atoms. The zero-order chi connectivity index (χ0) is 15.7. The molecular formula is C18H31FN2. The number of nitrogens with zero attached hydrogens (tertiary/aromatic N) is 1. The van der Waals surface area contributed by atoms with Crippen molar-refractivity contribution in [2.45, 2.75) is 46.6 Å². The second kappa shape index (κ2) is 9.16. The minimum absolute atomic E-state index is 0.151. The molecule has 0 amide bonds. The standard InChI is InChI=1S/C18H31FN2/c1-5-10-18(3,14-20-11-6-2)15-21(4)13-16-8-7-9-17(19)12-16/h7-9,12,20H,5-6,10-11,13-15H2,1-4H3. The molecule has 1 N–H and O–H groups in total. The van der Waals surface area contributed by atoms with Gasteiger partial charge in [-0.2, -0.15) is 0 Å². The van der Waals surface area contributed by atoms with Gasteiger partial charge in [0.15, 0.2) is 0 Å². The number of hydrogen-bond acceptors (Lipinski definition) is 2. The summed E-state index contributed by atoms with van der Waals surface area (Å²) in [5.74, 6) is -0.151. The van der Waals surface area contributed by atoms with E-state index in [0.717, 1.165) is 31.7 Å². The maximum Gasteiger partial charge on any atom is 0.123 e. The van der Waals surface area contributed by atoms with Crippen LogP contribution in [-0.2, 0) is 6.54 Å². The lowest BCUT2D eigenvalue weighted by atomic mass is 9.84. The van der Waals surface area contributed by atoms with Gasteiger partial charge in [0.25, 0.3) is 0 Å². The van der Waals surface area contributed by atoms with Crippen molar-refractivity contribution < 1.29 is 4.39 Å². The molecule has 1 aromatic carbocycles. The van der Waals surface area contributed by atoms with Gasteiger partial charge in [-0.15, -0.1) is 0 Å². The summed E-state index contributed by atoms with van der Waals surface area (Å²) in [5, 5.41) is 3.55. The second-order valence-electron chi connectivity index (χ2n) is 6.54. The summed E-state index contributed by atoms with van der Waals surface area (Å²) in [4.78, 5) is 2.30. The van der Waals surface area contributed by atoms with E-state index in [4.69, 9.17) is 0 Å². The van der Waals surface area contributed by atoms with E-state index in [1.807, 2.05) is 6.07 Å². The van der Waals surface area contributed by atoms with Crippen LogP contribution >= 0.6 is 0 Å². The van der Waals surface area contributed by atoms with Crippen LogP contribution in [0, 0.1) is 11.2 Å². The smallest absolute Gasteiger partial charge is 0.123 e. The number of rotatable bonds is 10. The van der Waals surface area contributed by atoms with Crippen molar-refractivity contribution >= 4 is 0 Å². The molecule has 0 aliphatic rings. The van der Waals surface area contributed by atoms with Crippen LogP contribution in [-0.4, -0.2) is 31.6 Å². The van der Waals surface area contributed by atoms with Gasteiger partial charge in [0.05, 0.1) is 0 Å². The minimum atomic E-state index is -0.151. The van der Waals surface area contributed by atoms with Gasteiger partial charge in [-0.05, 0) is 49.5 Å². The highest BCUT2D eigenvalue weighted by Crippen LogP contribution is 2.24. The van der Waals surface area contributed by atoms with Gasteiger partial charge < -0.3 is 10.2 Å². The van der Waals surface area contributed by atoms with Crippen molar-refractivity contribution in [1.29, 1.82) is 0 Å². The van der Waals surface area contributed by atoms with E-state index in [1.165, 1.54) is 25.3 Å². The molecule has 2 nitrogen and oxygen atoms in total. The fourth-order valence-corrected chi connectivity index (χ4v) is 3.05. The first-order chi connectivity index (χ1) is 9.99. The Hall–Kier alpha value is -0.930. The predicted molar refractivity (Wildman–Crippen MR) is 88.9 cm³/mol. The lowest BCUT2D eigenvalue weighted by Gasteiger charge is -2.34. The monoisotopic (exact) mass is 294 g/mol. The van der Waals surface area contributed by atoms with Gasteiger partial charge in [0.2, 0.25) is 0 Å². The molecule has 0 saturated carbocycles. The highest BCUT2D eigenvalue weighted by atomic mass is 19.1. The van der Waals surface area contributed by atoms with Crippen molar-refractivity contribution in [3.8, 4) is 0 Å². The Morgan fingerprint density at radius 3 is 2.62 bits per heavy atom. The first-order valence-corrected chi connectivity index (χ1v) is 8.13. The normalized spacial score (nSPS) is 14.4. The van der Waals surface area contributed by atoms with E-state index >= 15 is 0 Å². The predicted octanol–water partition coefficient (Wildman–Crippen LogP) is 4.06. The zero-order valence-corrected chi connectivity index (χ0v) is 14.1. The second-order valence-corrected chi connectivity index (χ2v) is 6.54. The van der Waals surface area contributed by atoms with Crippen LogP contribution in [0.15, 0.2) is 24.3 Å². The van der Waals surface area contributed by atoms with Crippen molar-refractivity contribution in [3.05, 3.63) is 35.6 Å². The average molecular weight is 294 g/mol. The van der Waals surface area contributed by atoms with Crippen LogP contribution in [0.1, 0.15) is 45.6 Å². The molecule has 21 heavy (non-hydrogen) atoms. The maximum absolute atomic E-state index is 13.3. The summed E-state index contributed by atoms with van der Waals surface area (Å²) in [6, 6.07) is 6.90. The van der Waals surface area contributed by atoms with E-state index in [0.29, 0.717) is 0 Å². The first-order valence-electron chi connectivity index (χ1n) is 8.13. The molecular weight excluding hydrogens is 263 g/mol. The highest BCUT2D eigenvalue weighted by molar-refractivity contribution is 5.16. The van der Waals surface area contributed by atoms with Gasteiger partial charge in [-0.1, -0.05) is 39.3 Å². The molecule has 0 aromatic heterocycles. The molecule has 0 heterocycles. The number of hydrogen-bond donors (Lipinski definition) is 1. The van der Waals surface area contributed by atoms with E-state index < -0.39 is 0 Å². The molecule has 1 rings (SSSR count). The fourth-order valence-electron chi connectivity index (χ4n) is 3.05. The molecule has 0 radical (unpaired) electrons. The maximum atomic E-state index is 13.3. The van der Waals surface area contributed by atoms with Crippen molar-refractivity contribution in [3.63, 3.8) is 0 Å². The molecule has 1 aromatic rings. The fraction of sp³-hybridized carbons (Fsp3) is 0.667. The Bertz CT molecular complexity index is 408. The van der Waals surface area contributed by atoms with Crippen LogP contribution in [0.2, 0.25) is 0 Å². The summed E-state index contributed by atoms with van der Waals surface area (Å²) in [7, 11) is 2.12. The van der Waals surface area contributed by atoms with Gasteiger partial charge >= 0.3 is 0 Å². The van der Waals surface area contributed by atoms with E-state index in [9.17, 15) is 4.39 Å². The third-order valence-electron chi connectivity index (χ3n) is 3.83. The summed E-state index contributed by atoms with van der Waals surface area (Å²) in [5.41, 5.74) is 1.31. The third kappa shape index (κ3) is 7.05. The zero-order valence-electron chi connectivity index (χ0n) is 14.1. The molecule has 0 saturated heterocycles. The summed E-state index contributed by atoms with van der Waals surface area (Å²) in [6.07, 6.45) is 3.57. The highest BCUT2D eigenvalue weighted by Gasteiger charge is 2.24. The average Bonchev–Trinajstić information content (AvgIpc) is 2.38. The van der Waals surface area contributed by atoms with Crippen molar-refractivity contribution in [1.82, 2.24) is 10.2 Å². The van der Waals surface area contributed by atoms with Crippen molar-refractivity contribution in [2.24, 2.45) is 5.41 Å². The first kappa shape index (κ1) is 18.1. The van der Waals surface area contributed by atoms with Gasteiger partial charge in [-0.25, -0.2) is 4.39 Å². The van der Waals surface area contributed by atoms with Crippen molar-refractivity contribution in [2.75, 3.05) is 26.7 Å². The Morgan fingerprint density at radius 2 is 2.00 bits per heavy atom. The lowest BCUT2D eigenvalue weighted by molar-refractivity contribution is 0.168. The van der Waals surface area contributed by atoms with E-state index in [2.05, 4.69) is 38.0 Å². The van der Waals surface area contributed by atoms with Crippen LogP contribution in [0.4, 0.5) is 4.39 Å². The molecule has 3 heteroatoms. The SMILES string of the molecule is CCCNCC(C)(CCC)CN(C)Cc1cccc(F)c1. The van der Waals surface area contributed by atoms with Gasteiger partial charge in [-0.3, -0.25) is 0 Å². The molecule has 0 aliphatic heterocycles. The number of halogens is 1. The van der Waals surface area contributed by atoms with E-state index in [1.54, 1.807) is 12.1 Å². The topological polar surface area (TPSA) is 15.3 Å². The number of benzene rings is 1. The molecule has 0 bridgehead atoms. The Kier molecular flexibility index (Phi) is 7.91. The molecule has 0 fully saturated rings. The van der Waals surface area contributed by atoms with Crippen LogP contribution in [0.5, 0.6) is 0 Å². The third-order valence-corrected chi connectivity index (χ3v) is 3.83. The van der Waals surface area contributed by atoms with Gasteiger partial charge in [0.1, 0.15) is 5.82 Å². The summed E-state index contributed by atoms with van der Waals surface area (Å²) >= 11 is 0. The Labute approximate surface area is 129 Å². The minimum Gasteiger partial charge on any atom is -0.316 e. The largest absolute Gasteiger partial charge is 0.316 e. The Balaban J connectivity index is 2.56. The molecule has 120 valence electrons. The van der Waals surface area contributed by atoms with Crippen LogP contribution in [0.25, 0.3) is 0 Å². The van der Waals surface area contributed by atoms with Gasteiger partial charge in [0, 0.05) is 19.6 Å². The van der Waals surface area contributed by atoms with Crippen LogP contribution < -0.4 is 5.32 Å². The molecule has 1 atom stereocenters. The molecule has 0 aliphatic carbocycles. The number of nitrogens with one attached hydrogen (secondary N) is 1. The summed E-state index contributed by atoms with van der Waals surface area (Å²) in [6.45, 7) is 10.7.